The zero-order valence-corrected chi connectivity index (χ0v) is 15.3. The summed E-state index contributed by atoms with van der Waals surface area (Å²) in [7, 11) is 0. The van der Waals surface area contributed by atoms with Gasteiger partial charge in [-0.05, 0) is 42.8 Å². The third kappa shape index (κ3) is 4.63. The number of benzene rings is 2. The number of nitrogens with zero attached hydrogens (tertiary/aromatic N) is 1. The molecule has 1 N–H and O–H groups in total. The molecule has 0 atom stereocenters. The summed E-state index contributed by atoms with van der Waals surface area (Å²) < 4.78 is 0. The second kappa shape index (κ2) is 7.88. The molecule has 2 aromatic carbocycles. The smallest absolute Gasteiger partial charge is 0.244 e. The van der Waals surface area contributed by atoms with Gasteiger partial charge in [-0.3, -0.25) is 9.59 Å². The SMILES string of the molecule is CC(=O)N(CC(=O)Nc1cc(Cl)ccc1C)c1ccc(Cl)c(Cl)c1. The van der Waals surface area contributed by atoms with Crippen LogP contribution in [0.1, 0.15) is 12.5 Å². The highest BCUT2D eigenvalue weighted by Gasteiger charge is 2.17. The number of nitrogens with one attached hydrogen (secondary N) is 1. The fourth-order valence-electron chi connectivity index (χ4n) is 2.10. The maximum absolute atomic E-state index is 12.3. The van der Waals surface area contributed by atoms with Crippen molar-refractivity contribution in [3.8, 4) is 0 Å². The normalized spacial score (nSPS) is 10.4. The Labute approximate surface area is 155 Å². The Hall–Kier alpha value is -1.75. The molecular weight excluding hydrogens is 371 g/mol. The highest BCUT2D eigenvalue weighted by Crippen LogP contribution is 2.27. The molecule has 0 aromatic heterocycles. The highest BCUT2D eigenvalue weighted by atomic mass is 35.5. The van der Waals surface area contributed by atoms with E-state index >= 15 is 0 Å². The van der Waals surface area contributed by atoms with Crippen molar-refractivity contribution in [1.82, 2.24) is 0 Å². The Bertz CT molecular complexity index is 793. The minimum atomic E-state index is -0.346. The summed E-state index contributed by atoms with van der Waals surface area (Å²) in [5.41, 5.74) is 1.97. The van der Waals surface area contributed by atoms with Gasteiger partial charge in [0.25, 0.3) is 0 Å². The molecular formula is C17H15Cl3N2O2. The van der Waals surface area contributed by atoms with Crippen molar-refractivity contribution in [1.29, 1.82) is 0 Å². The van der Waals surface area contributed by atoms with Crippen molar-refractivity contribution in [2.45, 2.75) is 13.8 Å². The second-order valence-corrected chi connectivity index (χ2v) is 6.46. The molecule has 0 bridgehead atoms. The maximum Gasteiger partial charge on any atom is 0.244 e. The molecule has 24 heavy (non-hydrogen) atoms. The lowest BCUT2D eigenvalue weighted by atomic mass is 10.2. The zero-order valence-electron chi connectivity index (χ0n) is 13.1. The first kappa shape index (κ1) is 18.6. The molecule has 2 aromatic rings. The lowest BCUT2D eigenvalue weighted by Gasteiger charge is -2.21. The van der Waals surface area contributed by atoms with Crippen LogP contribution in [0.5, 0.6) is 0 Å². The van der Waals surface area contributed by atoms with E-state index in [4.69, 9.17) is 34.8 Å². The number of carbonyl (C=O) groups excluding carboxylic acids is 2. The Morgan fingerprint density at radius 2 is 1.75 bits per heavy atom. The van der Waals surface area contributed by atoms with E-state index in [9.17, 15) is 9.59 Å². The summed E-state index contributed by atoms with van der Waals surface area (Å²) in [5, 5.41) is 3.96. The molecule has 0 spiro atoms. The number of anilines is 2. The van der Waals surface area contributed by atoms with Gasteiger partial charge < -0.3 is 10.2 Å². The Morgan fingerprint density at radius 1 is 1.04 bits per heavy atom. The van der Waals surface area contributed by atoms with Gasteiger partial charge in [0.15, 0.2) is 0 Å². The predicted octanol–water partition coefficient (Wildman–Crippen LogP) is 4.95. The molecule has 0 aliphatic heterocycles. The van der Waals surface area contributed by atoms with Crippen LogP contribution in [0.25, 0.3) is 0 Å². The number of halogens is 3. The van der Waals surface area contributed by atoms with Crippen LogP contribution in [-0.2, 0) is 9.59 Å². The lowest BCUT2D eigenvalue weighted by Crippen LogP contribution is -2.36. The first-order valence-corrected chi connectivity index (χ1v) is 8.20. The van der Waals surface area contributed by atoms with E-state index in [1.54, 1.807) is 36.4 Å². The van der Waals surface area contributed by atoms with E-state index in [2.05, 4.69) is 5.32 Å². The van der Waals surface area contributed by atoms with Gasteiger partial charge in [0, 0.05) is 23.3 Å². The van der Waals surface area contributed by atoms with Crippen LogP contribution in [0.3, 0.4) is 0 Å². The molecule has 0 saturated carbocycles. The summed E-state index contributed by atoms with van der Waals surface area (Å²) in [6.45, 7) is 3.08. The summed E-state index contributed by atoms with van der Waals surface area (Å²) in [6, 6.07) is 9.96. The van der Waals surface area contributed by atoms with Gasteiger partial charge in [-0.1, -0.05) is 40.9 Å². The van der Waals surface area contributed by atoms with Crippen molar-refractivity contribution >= 4 is 58.0 Å². The Kier molecular flexibility index (Phi) is 6.10. The lowest BCUT2D eigenvalue weighted by molar-refractivity contribution is -0.120. The van der Waals surface area contributed by atoms with Gasteiger partial charge in [-0.25, -0.2) is 0 Å². The van der Waals surface area contributed by atoms with Crippen molar-refractivity contribution < 1.29 is 9.59 Å². The molecule has 0 aliphatic carbocycles. The summed E-state index contributed by atoms with van der Waals surface area (Å²) in [4.78, 5) is 25.5. The number of aryl methyl sites for hydroxylation is 1. The van der Waals surface area contributed by atoms with Crippen molar-refractivity contribution in [2.75, 3.05) is 16.8 Å². The fraction of sp³-hybridized carbons (Fsp3) is 0.176. The molecule has 0 saturated heterocycles. The van der Waals surface area contributed by atoms with Gasteiger partial charge in [-0.15, -0.1) is 0 Å². The van der Waals surface area contributed by atoms with Gasteiger partial charge >= 0.3 is 0 Å². The van der Waals surface area contributed by atoms with E-state index in [1.807, 2.05) is 6.92 Å². The maximum atomic E-state index is 12.3. The minimum Gasteiger partial charge on any atom is -0.324 e. The first-order valence-electron chi connectivity index (χ1n) is 7.07. The van der Waals surface area contributed by atoms with Gasteiger partial charge in [0.2, 0.25) is 11.8 Å². The van der Waals surface area contributed by atoms with Crippen LogP contribution in [0, 0.1) is 6.92 Å². The average Bonchev–Trinajstić information content (AvgIpc) is 2.51. The Balaban J connectivity index is 2.18. The molecule has 2 rings (SSSR count). The zero-order chi connectivity index (χ0) is 17.9. The fourth-order valence-corrected chi connectivity index (χ4v) is 2.56. The van der Waals surface area contributed by atoms with Crippen LogP contribution in [0.2, 0.25) is 15.1 Å². The first-order chi connectivity index (χ1) is 11.3. The second-order valence-electron chi connectivity index (χ2n) is 5.21. The van der Waals surface area contributed by atoms with Gasteiger partial charge in [0.05, 0.1) is 10.0 Å². The van der Waals surface area contributed by atoms with Crippen LogP contribution in [-0.4, -0.2) is 18.4 Å². The molecule has 2 amide bonds. The van der Waals surface area contributed by atoms with E-state index in [1.165, 1.54) is 11.8 Å². The van der Waals surface area contributed by atoms with E-state index < -0.39 is 0 Å². The van der Waals surface area contributed by atoms with E-state index in [0.717, 1.165) is 5.56 Å². The van der Waals surface area contributed by atoms with Crippen LogP contribution in [0.4, 0.5) is 11.4 Å². The number of hydrogen-bond donors (Lipinski definition) is 1. The topological polar surface area (TPSA) is 49.4 Å². The van der Waals surface area contributed by atoms with Crippen LogP contribution < -0.4 is 10.2 Å². The number of rotatable bonds is 4. The number of carbonyl (C=O) groups is 2. The average molecular weight is 386 g/mol. The van der Waals surface area contributed by atoms with Gasteiger partial charge in [-0.2, -0.15) is 0 Å². The van der Waals surface area contributed by atoms with Gasteiger partial charge in [0.1, 0.15) is 6.54 Å². The molecule has 0 fully saturated rings. The standard InChI is InChI=1S/C17H15Cl3N2O2/c1-10-3-4-12(18)7-16(10)21-17(24)9-22(11(2)23)13-5-6-14(19)15(20)8-13/h3-8H,9H2,1-2H3,(H,21,24). The van der Waals surface area contributed by atoms with E-state index in [0.29, 0.717) is 26.4 Å². The molecule has 0 radical (unpaired) electrons. The third-order valence-corrected chi connectivity index (χ3v) is 4.34. The molecule has 7 heteroatoms. The molecule has 0 heterocycles. The van der Waals surface area contributed by atoms with Crippen LogP contribution >= 0.6 is 34.8 Å². The largest absolute Gasteiger partial charge is 0.324 e. The molecule has 126 valence electrons. The van der Waals surface area contributed by atoms with Crippen molar-refractivity contribution in [2.24, 2.45) is 0 Å². The molecule has 0 aliphatic rings. The van der Waals surface area contributed by atoms with E-state index in [-0.39, 0.29) is 18.4 Å². The summed E-state index contributed by atoms with van der Waals surface area (Å²) in [6.07, 6.45) is 0. The molecule has 4 nitrogen and oxygen atoms in total. The summed E-state index contributed by atoms with van der Waals surface area (Å²) in [5.74, 6) is -0.631. The number of hydrogen-bond acceptors (Lipinski definition) is 2. The minimum absolute atomic E-state index is 0.154. The quantitative estimate of drug-likeness (QED) is 0.810. The predicted molar refractivity (Wildman–Crippen MR) is 99.3 cm³/mol. The number of amides is 2. The highest BCUT2D eigenvalue weighted by molar-refractivity contribution is 6.42. The molecule has 0 unspecified atom stereocenters. The summed E-state index contributed by atoms with van der Waals surface area (Å²) >= 11 is 17.8. The third-order valence-electron chi connectivity index (χ3n) is 3.37. The monoisotopic (exact) mass is 384 g/mol. The van der Waals surface area contributed by atoms with Crippen LogP contribution in [0.15, 0.2) is 36.4 Å². The van der Waals surface area contributed by atoms with Crippen molar-refractivity contribution in [3.63, 3.8) is 0 Å². The Morgan fingerprint density at radius 3 is 2.38 bits per heavy atom. The van der Waals surface area contributed by atoms with Crippen molar-refractivity contribution in [3.05, 3.63) is 57.0 Å².